The first kappa shape index (κ1) is 21.6. The van der Waals surface area contributed by atoms with Crippen molar-refractivity contribution in [2.75, 3.05) is 31.6 Å². The van der Waals surface area contributed by atoms with Crippen LogP contribution in [0.4, 0.5) is 10.1 Å². The quantitative estimate of drug-likeness (QED) is 0.653. The number of nitrogens with zero attached hydrogens (tertiary/aromatic N) is 1. The minimum atomic E-state index is -3.74. The molecule has 0 radical (unpaired) electrons. The Morgan fingerprint density at radius 3 is 2.34 bits per heavy atom. The molecule has 1 saturated heterocycles. The van der Waals surface area contributed by atoms with Crippen LogP contribution >= 0.6 is 0 Å². The van der Waals surface area contributed by atoms with E-state index in [2.05, 4.69) is 33.9 Å². The summed E-state index contributed by atoms with van der Waals surface area (Å²) >= 11 is 0. The molecule has 2 aromatic carbocycles. The number of rotatable bonds is 8. The second-order valence-corrected chi connectivity index (χ2v) is 9.13. The Morgan fingerprint density at radius 1 is 1.03 bits per heavy atom. The van der Waals surface area contributed by atoms with Crippen molar-refractivity contribution in [2.24, 2.45) is 0 Å². The highest BCUT2D eigenvalue weighted by molar-refractivity contribution is 7.89. The van der Waals surface area contributed by atoms with Crippen LogP contribution in [-0.4, -0.2) is 35.2 Å². The van der Waals surface area contributed by atoms with Crippen molar-refractivity contribution < 1.29 is 17.5 Å². The molecule has 1 aliphatic heterocycles. The topological polar surface area (TPSA) is 58.6 Å². The number of methoxy groups -OCH3 is 1. The molecule has 0 bridgehead atoms. The van der Waals surface area contributed by atoms with Crippen LogP contribution in [0.15, 0.2) is 47.4 Å². The van der Waals surface area contributed by atoms with E-state index in [1.54, 1.807) is 0 Å². The molecule has 1 N–H and O–H groups in total. The van der Waals surface area contributed by atoms with Crippen LogP contribution in [0.5, 0.6) is 5.75 Å². The third kappa shape index (κ3) is 5.93. The fourth-order valence-electron chi connectivity index (χ4n) is 3.60. The van der Waals surface area contributed by atoms with Gasteiger partial charge in [0.25, 0.3) is 0 Å². The number of nitrogens with one attached hydrogen (secondary N) is 1. The van der Waals surface area contributed by atoms with Crippen LogP contribution in [0.3, 0.4) is 0 Å². The number of aryl methyl sites for hydroxylation is 1. The van der Waals surface area contributed by atoms with Crippen molar-refractivity contribution >= 4 is 15.7 Å². The van der Waals surface area contributed by atoms with Crippen LogP contribution in [-0.2, 0) is 16.4 Å². The Balaban J connectivity index is 1.49. The second kappa shape index (κ2) is 10.1. The zero-order chi connectivity index (χ0) is 20.7. The van der Waals surface area contributed by atoms with Gasteiger partial charge in [0.1, 0.15) is 0 Å². The third-order valence-electron chi connectivity index (χ3n) is 5.28. The van der Waals surface area contributed by atoms with Crippen molar-refractivity contribution in [1.82, 2.24) is 4.72 Å². The minimum Gasteiger partial charge on any atom is -0.494 e. The predicted molar refractivity (Wildman–Crippen MR) is 114 cm³/mol. The average molecular weight is 421 g/mol. The number of hydrogen-bond acceptors (Lipinski definition) is 4. The molecule has 3 rings (SSSR count). The van der Waals surface area contributed by atoms with Crippen molar-refractivity contribution in [2.45, 2.75) is 43.4 Å². The summed E-state index contributed by atoms with van der Waals surface area (Å²) in [5.41, 5.74) is 2.44. The lowest BCUT2D eigenvalue weighted by molar-refractivity contribution is 0.385. The van der Waals surface area contributed by atoms with Crippen LogP contribution < -0.4 is 14.4 Å². The van der Waals surface area contributed by atoms with E-state index >= 15 is 0 Å². The maximum absolute atomic E-state index is 13.8. The van der Waals surface area contributed by atoms with Crippen LogP contribution in [0, 0.1) is 5.82 Å². The van der Waals surface area contributed by atoms with Gasteiger partial charge in [-0.3, -0.25) is 0 Å². The summed E-state index contributed by atoms with van der Waals surface area (Å²) in [6.45, 7) is 2.53. The lowest BCUT2D eigenvalue weighted by Crippen LogP contribution is -2.25. The number of halogens is 1. The number of anilines is 1. The predicted octanol–water partition coefficient (Wildman–Crippen LogP) is 4.13. The molecule has 2 aromatic rings. The summed E-state index contributed by atoms with van der Waals surface area (Å²) in [5, 5.41) is 0. The number of ether oxygens (including phenoxy) is 1. The molecule has 29 heavy (non-hydrogen) atoms. The Hall–Kier alpha value is -2.12. The third-order valence-corrected chi connectivity index (χ3v) is 6.73. The first-order valence-electron chi connectivity index (χ1n) is 10.2. The Morgan fingerprint density at radius 2 is 1.72 bits per heavy atom. The summed E-state index contributed by atoms with van der Waals surface area (Å²) in [6, 6.07) is 12.2. The van der Waals surface area contributed by atoms with Gasteiger partial charge in [-0.05, 0) is 61.6 Å². The largest absolute Gasteiger partial charge is 0.494 e. The molecule has 5 nitrogen and oxygen atoms in total. The Kier molecular flexibility index (Phi) is 7.50. The Labute approximate surface area is 172 Å². The first-order chi connectivity index (χ1) is 14.0. The van der Waals surface area contributed by atoms with Crippen molar-refractivity contribution in [3.05, 3.63) is 53.8 Å². The molecule has 0 spiro atoms. The molecule has 0 unspecified atom stereocenters. The molecule has 1 fully saturated rings. The van der Waals surface area contributed by atoms with Gasteiger partial charge in [-0.2, -0.15) is 0 Å². The monoisotopic (exact) mass is 420 g/mol. The molecule has 158 valence electrons. The lowest BCUT2D eigenvalue weighted by Gasteiger charge is -2.22. The summed E-state index contributed by atoms with van der Waals surface area (Å²) in [7, 11) is -2.40. The summed E-state index contributed by atoms with van der Waals surface area (Å²) in [6.07, 6.45) is 6.57. The van der Waals surface area contributed by atoms with E-state index in [1.807, 2.05) is 0 Å². The van der Waals surface area contributed by atoms with Crippen LogP contribution in [0.2, 0.25) is 0 Å². The van der Waals surface area contributed by atoms with Crippen molar-refractivity contribution in [3.63, 3.8) is 0 Å². The van der Waals surface area contributed by atoms with Gasteiger partial charge in [0.15, 0.2) is 11.6 Å². The standard InChI is InChI=1S/C22H29FN2O3S/c1-28-22-13-12-20(17-21(22)23)29(26,27)24-14-6-7-18-8-10-19(11-9-18)25-15-4-2-3-5-16-25/h8-13,17,24H,2-7,14-16H2,1H3. The second-order valence-electron chi connectivity index (χ2n) is 7.37. The fraction of sp³-hybridized carbons (Fsp3) is 0.455. The van der Waals surface area contributed by atoms with Crippen LogP contribution in [0.25, 0.3) is 0 Å². The maximum atomic E-state index is 13.8. The van der Waals surface area contributed by atoms with E-state index in [0.29, 0.717) is 13.0 Å². The molecule has 0 aliphatic carbocycles. The van der Waals surface area contributed by atoms with E-state index in [1.165, 1.54) is 56.2 Å². The molecule has 1 aliphatic rings. The van der Waals surface area contributed by atoms with Gasteiger partial charge >= 0.3 is 0 Å². The van der Waals surface area contributed by atoms with Gasteiger partial charge in [0.05, 0.1) is 12.0 Å². The van der Waals surface area contributed by atoms with E-state index in [-0.39, 0.29) is 10.6 Å². The van der Waals surface area contributed by atoms with E-state index in [4.69, 9.17) is 4.74 Å². The fourth-order valence-corrected chi connectivity index (χ4v) is 4.68. The molecular formula is C22H29FN2O3S. The number of sulfonamides is 1. The van der Waals surface area contributed by atoms with Gasteiger partial charge in [0, 0.05) is 25.3 Å². The molecule has 0 atom stereocenters. The van der Waals surface area contributed by atoms with Crippen molar-refractivity contribution in [1.29, 1.82) is 0 Å². The van der Waals surface area contributed by atoms with Gasteiger partial charge < -0.3 is 9.64 Å². The van der Waals surface area contributed by atoms with Crippen LogP contribution in [0.1, 0.15) is 37.7 Å². The molecule has 7 heteroatoms. The Bertz CT molecular complexity index is 893. The average Bonchev–Trinajstić information content (AvgIpc) is 3.01. The number of benzene rings is 2. The molecule has 1 heterocycles. The zero-order valence-corrected chi connectivity index (χ0v) is 17.7. The molecule has 0 amide bonds. The zero-order valence-electron chi connectivity index (χ0n) is 16.9. The summed E-state index contributed by atoms with van der Waals surface area (Å²) in [4.78, 5) is 2.34. The normalized spacial score (nSPS) is 15.2. The van der Waals surface area contributed by atoms with E-state index in [9.17, 15) is 12.8 Å². The maximum Gasteiger partial charge on any atom is 0.240 e. The highest BCUT2D eigenvalue weighted by Gasteiger charge is 2.16. The van der Waals surface area contributed by atoms with Crippen molar-refractivity contribution in [3.8, 4) is 5.75 Å². The van der Waals surface area contributed by atoms with Gasteiger partial charge in [0.2, 0.25) is 10.0 Å². The lowest BCUT2D eigenvalue weighted by atomic mass is 10.1. The minimum absolute atomic E-state index is 0.0209. The summed E-state index contributed by atoms with van der Waals surface area (Å²) < 4.78 is 45.8. The smallest absolute Gasteiger partial charge is 0.240 e. The highest BCUT2D eigenvalue weighted by Crippen LogP contribution is 2.21. The van der Waals surface area contributed by atoms with Gasteiger partial charge in [-0.25, -0.2) is 17.5 Å². The number of hydrogen-bond donors (Lipinski definition) is 1. The van der Waals surface area contributed by atoms with Gasteiger partial charge in [-0.15, -0.1) is 0 Å². The SMILES string of the molecule is COc1ccc(S(=O)(=O)NCCCc2ccc(N3CCCCCC3)cc2)cc1F. The molecule has 0 aromatic heterocycles. The first-order valence-corrected chi connectivity index (χ1v) is 11.6. The van der Waals surface area contributed by atoms with E-state index in [0.717, 1.165) is 25.6 Å². The van der Waals surface area contributed by atoms with Gasteiger partial charge in [-0.1, -0.05) is 25.0 Å². The molecular weight excluding hydrogens is 391 g/mol. The highest BCUT2D eigenvalue weighted by atomic mass is 32.2. The summed E-state index contributed by atoms with van der Waals surface area (Å²) in [5.74, 6) is -0.674. The van der Waals surface area contributed by atoms with E-state index < -0.39 is 15.8 Å². The molecule has 0 saturated carbocycles.